The number of morpholine rings is 1. The fraction of sp³-hybridized carbons (Fsp3) is 0.605. The van der Waals surface area contributed by atoms with Crippen molar-refractivity contribution in [2.75, 3.05) is 64.1 Å². The fourth-order valence-electron chi connectivity index (χ4n) is 8.46. The summed E-state index contributed by atoms with van der Waals surface area (Å²) in [5.74, 6) is 0.626. The van der Waals surface area contributed by atoms with Crippen LogP contribution in [0.3, 0.4) is 0 Å². The van der Waals surface area contributed by atoms with E-state index in [2.05, 4.69) is 38.8 Å². The SMILES string of the molecule is C[C@@H]1[C@@H](C)C/C=C/[C@H](OCCN2CCOCC2)[C@@H]2CC[C@H]2CN2C[C@@]3(CCCc4cc(Cl)ccc43)COc3ccc(cc32)C(=O)NS1(=O)=O. The molecule has 1 N–H and O–H groups in total. The van der Waals surface area contributed by atoms with Crippen LogP contribution in [0.5, 0.6) is 5.75 Å². The molecule has 3 aliphatic heterocycles. The molecule has 0 radical (unpaired) electrons. The Balaban J connectivity index is 1.23. The van der Waals surface area contributed by atoms with E-state index in [0.717, 1.165) is 94.5 Å². The third-order valence-corrected chi connectivity index (χ3v) is 14.0. The average Bonchev–Trinajstić information content (AvgIpc) is 3.22. The Hall–Kier alpha value is -2.63. The summed E-state index contributed by atoms with van der Waals surface area (Å²) in [6.45, 7) is 10.5. The van der Waals surface area contributed by atoms with Gasteiger partial charge in [-0.15, -0.1) is 0 Å². The largest absolute Gasteiger partial charge is 0.490 e. The Labute approximate surface area is 296 Å². The molecule has 1 spiro atoms. The van der Waals surface area contributed by atoms with Gasteiger partial charge < -0.3 is 19.1 Å². The van der Waals surface area contributed by atoms with Gasteiger partial charge in [0.15, 0.2) is 0 Å². The lowest BCUT2D eigenvalue weighted by molar-refractivity contribution is -0.0315. The fourth-order valence-corrected chi connectivity index (χ4v) is 9.94. The van der Waals surface area contributed by atoms with Crippen LogP contribution in [0, 0.1) is 17.8 Å². The zero-order valence-corrected chi connectivity index (χ0v) is 30.3. The van der Waals surface area contributed by atoms with Crippen molar-refractivity contribution < 1.29 is 27.4 Å². The Kier molecular flexibility index (Phi) is 10.3. The van der Waals surface area contributed by atoms with Crippen molar-refractivity contribution >= 4 is 33.2 Å². The minimum Gasteiger partial charge on any atom is -0.490 e. The van der Waals surface area contributed by atoms with Crippen molar-refractivity contribution in [2.24, 2.45) is 17.8 Å². The molecule has 0 unspecified atom stereocenters. The van der Waals surface area contributed by atoms with Gasteiger partial charge in [-0.3, -0.25) is 9.69 Å². The van der Waals surface area contributed by atoms with Gasteiger partial charge in [0.1, 0.15) is 5.75 Å². The lowest BCUT2D eigenvalue weighted by Gasteiger charge is -2.46. The van der Waals surface area contributed by atoms with Crippen molar-refractivity contribution in [3.05, 3.63) is 70.3 Å². The van der Waals surface area contributed by atoms with Crippen molar-refractivity contribution in [2.45, 2.75) is 69.1 Å². The summed E-state index contributed by atoms with van der Waals surface area (Å²) in [7, 11) is -3.92. The predicted molar refractivity (Wildman–Crippen MR) is 192 cm³/mol. The van der Waals surface area contributed by atoms with E-state index in [-0.39, 0.29) is 17.4 Å². The molecule has 6 atom stereocenters. The third-order valence-electron chi connectivity index (χ3n) is 11.8. The normalized spacial score (nSPS) is 32.5. The van der Waals surface area contributed by atoms with Gasteiger partial charge >= 0.3 is 0 Å². The first kappa shape index (κ1) is 34.8. The van der Waals surface area contributed by atoms with Gasteiger partial charge in [-0.2, -0.15) is 0 Å². The first-order valence-electron chi connectivity index (χ1n) is 18.1. The van der Waals surface area contributed by atoms with Crippen LogP contribution in [0.1, 0.15) is 67.4 Å². The quantitative estimate of drug-likeness (QED) is 0.410. The molecule has 5 aliphatic rings. The zero-order chi connectivity index (χ0) is 34.2. The Morgan fingerprint density at radius 3 is 2.73 bits per heavy atom. The van der Waals surface area contributed by atoms with E-state index in [1.165, 1.54) is 11.1 Å². The number of nitrogens with one attached hydrogen (secondary N) is 1. The van der Waals surface area contributed by atoms with Crippen LogP contribution in [0.4, 0.5) is 5.69 Å². The summed E-state index contributed by atoms with van der Waals surface area (Å²) in [4.78, 5) is 18.3. The van der Waals surface area contributed by atoms with E-state index in [1.807, 2.05) is 25.1 Å². The summed E-state index contributed by atoms with van der Waals surface area (Å²) in [6.07, 6.45) is 9.97. The lowest BCUT2D eigenvalue weighted by atomic mass is 9.68. The van der Waals surface area contributed by atoms with Crippen molar-refractivity contribution in [3.63, 3.8) is 0 Å². The highest BCUT2D eigenvalue weighted by molar-refractivity contribution is 7.90. The Morgan fingerprint density at radius 2 is 1.94 bits per heavy atom. The van der Waals surface area contributed by atoms with Gasteiger partial charge in [0.25, 0.3) is 5.91 Å². The summed E-state index contributed by atoms with van der Waals surface area (Å²) < 4.78 is 48.1. The monoisotopic (exact) mass is 711 g/mol. The predicted octanol–water partition coefficient (Wildman–Crippen LogP) is 5.60. The van der Waals surface area contributed by atoms with Crippen molar-refractivity contribution in [3.8, 4) is 5.75 Å². The van der Waals surface area contributed by atoms with Gasteiger partial charge in [-0.25, -0.2) is 13.1 Å². The van der Waals surface area contributed by atoms with Gasteiger partial charge in [0, 0.05) is 48.7 Å². The molecule has 1 saturated heterocycles. The van der Waals surface area contributed by atoms with Gasteiger partial charge in [-0.05, 0) is 105 Å². The second kappa shape index (κ2) is 14.5. The van der Waals surface area contributed by atoms with Crippen LogP contribution in [0.2, 0.25) is 5.02 Å². The summed E-state index contributed by atoms with van der Waals surface area (Å²) >= 11 is 6.46. The highest BCUT2D eigenvalue weighted by Crippen LogP contribution is 2.47. The molecule has 3 heterocycles. The summed E-state index contributed by atoms with van der Waals surface area (Å²) in [5.41, 5.74) is 3.46. The number of benzene rings is 2. The molecule has 2 bridgehead atoms. The molecule has 2 aromatic rings. The molecule has 2 aliphatic carbocycles. The van der Waals surface area contributed by atoms with Crippen LogP contribution in [0.15, 0.2) is 48.6 Å². The molecule has 49 heavy (non-hydrogen) atoms. The minimum absolute atomic E-state index is 0.0629. The van der Waals surface area contributed by atoms with Crippen LogP contribution in [0.25, 0.3) is 0 Å². The molecule has 7 rings (SSSR count). The first-order valence-corrected chi connectivity index (χ1v) is 20.0. The van der Waals surface area contributed by atoms with E-state index in [4.69, 9.17) is 25.8 Å². The number of carbonyl (C=O) groups is 1. The highest BCUT2D eigenvalue weighted by atomic mass is 35.5. The summed E-state index contributed by atoms with van der Waals surface area (Å²) in [6, 6.07) is 11.6. The smallest absolute Gasteiger partial charge is 0.264 e. The number of halogens is 1. The lowest BCUT2D eigenvalue weighted by Crippen LogP contribution is -2.50. The van der Waals surface area contributed by atoms with E-state index >= 15 is 0 Å². The number of ether oxygens (including phenoxy) is 3. The van der Waals surface area contributed by atoms with Gasteiger partial charge in [0.05, 0.1) is 43.5 Å². The second-order valence-electron chi connectivity index (χ2n) is 14.9. The maximum absolute atomic E-state index is 13.5. The number of carbonyl (C=O) groups excluding carboxylic acids is 1. The number of nitrogens with zero attached hydrogens (tertiary/aromatic N) is 2. The number of anilines is 1. The van der Waals surface area contributed by atoms with E-state index in [1.54, 1.807) is 13.0 Å². The number of rotatable bonds is 4. The average molecular weight is 712 g/mol. The summed E-state index contributed by atoms with van der Waals surface area (Å²) in [5, 5.41) is -0.00970. The van der Waals surface area contributed by atoms with E-state index < -0.39 is 21.2 Å². The van der Waals surface area contributed by atoms with Gasteiger partial charge in [-0.1, -0.05) is 36.7 Å². The van der Waals surface area contributed by atoms with Crippen LogP contribution in [-0.2, 0) is 31.3 Å². The molecule has 2 fully saturated rings. The highest BCUT2D eigenvalue weighted by Gasteiger charge is 2.44. The number of amides is 1. The first-order chi connectivity index (χ1) is 23.6. The third kappa shape index (κ3) is 7.40. The van der Waals surface area contributed by atoms with Crippen LogP contribution in [-0.4, -0.2) is 89.7 Å². The van der Waals surface area contributed by atoms with Crippen LogP contribution >= 0.6 is 11.6 Å². The van der Waals surface area contributed by atoms with E-state index in [9.17, 15) is 13.2 Å². The minimum atomic E-state index is -3.92. The Bertz CT molecular complexity index is 1660. The number of sulfonamides is 1. The number of allylic oxidation sites excluding steroid dienone is 1. The molecule has 2 aromatic carbocycles. The molecule has 0 aromatic heterocycles. The zero-order valence-electron chi connectivity index (χ0n) is 28.7. The standard InChI is InChI=1S/C38H50ClN3O6S/c1-26-5-3-7-35(47-20-17-41-15-18-46-19-16-41)32-11-8-30(32)23-42-24-38(14-4-6-28-21-31(39)10-12-33(28)38)25-48-36-13-9-29(22-34(36)42)37(43)40-49(44,45)27(26)2/h3,7,9-10,12-13,21-22,26-27,30,32,35H,4-6,8,11,14-20,23-25H2,1-2H3,(H,40,43)/b7-3+/t26-,27+,30-,32+,35-,38-/m0/s1. The van der Waals surface area contributed by atoms with Crippen LogP contribution < -0.4 is 14.4 Å². The maximum atomic E-state index is 13.5. The number of hydrogen-bond acceptors (Lipinski definition) is 8. The van der Waals surface area contributed by atoms with Crippen molar-refractivity contribution in [1.29, 1.82) is 0 Å². The van der Waals surface area contributed by atoms with Crippen molar-refractivity contribution in [1.82, 2.24) is 9.62 Å². The molecular weight excluding hydrogens is 662 g/mol. The topological polar surface area (TPSA) is 97.4 Å². The molecular formula is C38H50ClN3O6S. The van der Waals surface area contributed by atoms with E-state index in [0.29, 0.717) is 37.0 Å². The Morgan fingerprint density at radius 1 is 1.10 bits per heavy atom. The molecule has 1 saturated carbocycles. The number of fused-ring (bicyclic) bond motifs is 4. The number of aryl methyl sites for hydroxylation is 1. The maximum Gasteiger partial charge on any atom is 0.264 e. The number of hydrogen-bond donors (Lipinski definition) is 1. The molecule has 266 valence electrons. The van der Waals surface area contributed by atoms with Gasteiger partial charge in [0.2, 0.25) is 10.0 Å². The molecule has 9 nitrogen and oxygen atoms in total. The molecule has 11 heteroatoms. The second-order valence-corrected chi connectivity index (χ2v) is 17.4. The molecule has 1 amide bonds.